The molecule has 2 amide bonds. The molecule has 0 aromatic heterocycles. The van der Waals surface area contributed by atoms with E-state index in [1.54, 1.807) is 30.3 Å². The molecule has 1 atom stereocenters. The summed E-state index contributed by atoms with van der Waals surface area (Å²) in [6.07, 6.45) is 3.00. The lowest BCUT2D eigenvalue weighted by molar-refractivity contribution is -0.121. The highest BCUT2D eigenvalue weighted by atomic mass is 32.2. The topological polar surface area (TPSA) is 86.8 Å². The third-order valence-corrected chi connectivity index (χ3v) is 8.69. The van der Waals surface area contributed by atoms with Gasteiger partial charge in [-0.15, -0.1) is 11.8 Å². The van der Waals surface area contributed by atoms with Crippen molar-refractivity contribution >= 4 is 45.0 Å². The largest absolute Gasteiger partial charge is 0.325 e. The van der Waals surface area contributed by atoms with E-state index in [1.165, 1.54) is 21.0 Å². The highest BCUT2D eigenvalue weighted by molar-refractivity contribution is 8.00. The van der Waals surface area contributed by atoms with Gasteiger partial charge in [-0.1, -0.05) is 31.5 Å². The van der Waals surface area contributed by atoms with E-state index in [4.69, 9.17) is 0 Å². The number of piperidine rings is 1. The van der Waals surface area contributed by atoms with Gasteiger partial charge < -0.3 is 10.2 Å². The van der Waals surface area contributed by atoms with Crippen LogP contribution in [0.2, 0.25) is 0 Å². The summed E-state index contributed by atoms with van der Waals surface area (Å²) < 4.78 is 27.9. The number of anilines is 2. The Bertz CT molecular complexity index is 1100. The number of thioether (sulfide) groups is 1. The summed E-state index contributed by atoms with van der Waals surface area (Å²) in [5.74, 6) is -0.529. The van der Waals surface area contributed by atoms with Crippen molar-refractivity contribution in [2.45, 2.75) is 47.6 Å². The number of rotatable bonds is 5. The summed E-state index contributed by atoms with van der Waals surface area (Å²) >= 11 is 1.52. The smallest absolute Gasteiger partial charge is 0.244 e. The SMILES string of the molecule is C[C@H]1CC(=O)N(CC(=O)Nc2ccccc2)c2cc(S(=O)(=O)N3CCCCC3)ccc2S1. The average molecular weight is 474 g/mol. The fraction of sp³-hybridized carbons (Fsp3) is 0.391. The van der Waals surface area contributed by atoms with Crippen LogP contribution in [0.3, 0.4) is 0 Å². The van der Waals surface area contributed by atoms with Crippen molar-refractivity contribution in [2.75, 3.05) is 29.9 Å². The van der Waals surface area contributed by atoms with Crippen molar-refractivity contribution in [3.8, 4) is 0 Å². The van der Waals surface area contributed by atoms with Gasteiger partial charge in [0.1, 0.15) is 6.54 Å². The number of benzene rings is 2. The van der Waals surface area contributed by atoms with Crippen LogP contribution in [0.5, 0.6) is 0 Å². The van der Waals surface area contributed by atoms with Crippen LogP contribution in [-0.4, -0.2) is 49.4 Å². The lowest BCUT2D eigenvalue weighted by Gasteiger charge is -2.27. The Morgan fingerprint density at radius 1 is 1.09 bits per heavy atom. The number of sulfonamides is 1. The number of hydrogen-bond donors (Lipinski definition) is 1. The molecule has 0 bridgehead atoms. The Kier molecular flexibility index (Phi) is 6.88. The summed E-state index contributed by atoms with van der Waals surface area (Å²) in [6.45, 7) is 2.79. The van der Waals surface area contributed by atoms with Gasteiger partial charge in [-0.3, -0.25) is 9.59 Å². The molecular formula is C23H27N3O4S2. The number of amides is 2. The normalized spacial score (nSPS) is 19.8. The fourth-order valence-corrected chi connectivity index (χ4v) is 6.64. The molecule has 4 rings (SSSR count). The molecule has 0 radical (unpaired) electrons. The quantitative estimate of drug-likeness (QED) is 0.715. The maximum atomic E-state index is 13.2. The molecule has 1 saturated heterocycles. The number of hydrogen-bond acceptors (Lipinski definition) is 5. The van der Waals surface area contributed by atoms with Gasteiger partial charge in [0.15, 0.2) is 0 Å². The van der Waals surface area contributed by atoms with Crippen molar-refractivity contribution in [1.82, 2.24) is 4.31 Å². The van der Waals surface area contributed by atoms with Crippen molar-refractivity contribution in [1.29, 1.82) is 0 Å². The predicted octanol–water partition coefficient (Wildman–Crippen LogP) is 3.72. The Morgan fingerprint density at radius 2 is 1.81 bits per heavy atom. The maximum Gasteiger partial charge on any atom is 0.244 e. The third-order valence-electron chi connectivity index (χ3n) is 5.62. The second kappa shape index (κ2) is 9.64. The number of carbonyl (C=O) groups is 2. The van der Waals surface area contributed by atoms with Crippen LogP contribution in [0.1, 0.15) is 32.6 Å². The first-order chi connectivity index (χ1) is 15.3. The molecule has 0 unspecified atom stereocenters. The molecule has 1 fully saturated rings. The van der Waals surface area contributed by atoms with Crippen LogP contribution in [0.15, 0.2) is 58.3 Å². The number of carbonyl (C=O) groups excluding carboxylic acids is 2. The van der Waals surface area contributed by atoms with E-state index < -0.39 is 10.0 Å². The second-order valence-electron chi connectivity index (χ2n) is 8.12. The minimum Gasteiger partial charge on any atom is -0.325 e. The van der Waals surface area contributed by atoms with Gasteiger partial charge in [-0.05, 0) is 43.2 Å². The lowest BCUT2D eigenvalue weighted by atomic mass is 10.2. The zero-order valence-electron chi connectivity index (χ0n) is 18.0. The molecule has 2 heterocycles. The minimum atomic E-state index is -3.65. The molecule has 9 heteroatoms. The van der Waals surface area contributed by atoms with Crippen LogP contribution in [0.4, 0.5) is 11.4 Å². The van der Waals surface area contributed by atoms with Gasteiger partial charge in [0.2, 0.25) is 21.8 Å². The molecule has 32 heavy (non-hydrogen) atoms. The fourth-order valence-electron chi connectivity index (χ4n) is 4.01. The Labute approximate surface area is 193 Å². The van der Waals surface area contributed by atoms with E-state index >= 15 is 0 Å². The van der Waals surface area contributed by atoms with Gasteiger partial charge in [0.05, 0.1) is 10.6 Å². The van der Waals surface area contributed by atoms with Gasteiger partial charge >= 0.3 is 0 Å². The number of nitrogens with one attached hydrogen (secondary N) is 1. The highest BCUT2D eigenvalue weighted by Crippen LogP contribution is 2.39. The number of nitrogens with zero attached hydrogens (tertiary/aromatic N) is 2. The van der Waals surface area contributed by atoms with Crippen molar-refractivity contribution in [3.63, 3.8) is 0 Å². The van der Waals surface area contributed by atoms with Crippen molar-refractivity contribution in [3.05, 3.63) is 48.5 Å². The van der Waals surface area contributed by atoms with Gasteiger partial charge in [-0.2, -0.15) is 4.31 Å². The Balaban J connectivity index is 1.65. The van der Waals surface area contributed by atoms with E-state index in [-0.39, 0.29) is 34.9 Å². The number of para-hydroxylation sites is 1. The van der Waals surface area contributed by atoms with E-state index in [1.807, 2.05) is 25.1 Å². The van der Waals surface area contributed by atoms with E-state index in [2.05, 4.69) is 5.32 Å². The molecule has 2 aromatic carbocycles. The molecule has 170 valence electrons. The van der Waals surface area contributed by atoms with Crippen molar-refractivity contribution < 1.29 is 18.0 Å². The molecule has 2 aliphatic heterocycles. The average Bonchev–Trinajstić information content (AvgIpc) is 2.90. The Morgan fingerprint density at radius 3 is 2.53 bits per heavy atom. The Hall–Kier alpha value is -2.36. The van der Waals surface area contributed by atoms with Gasteiger partial charge in [0, 0.05) is 35.3 Å². The van der Waals surface area contributed by atoms with Crippen LogP contribution >= 0.6 is 11.8 Å². The van der Waals surface area contributed by atoms with Crippen LogP contribution in [0.25, 0.3) is 0 Å². The molecule has 0 spiro atoms. The van der Waals surface area contributed by atoms with E-state index in [9.17, 15) is 18.0 Å². The summed E-state index contributed by atoms with van der Waals surface area (Å²) in [5, 5.41) is 2.82. The number of fused-ring (bicyclic) bond motifs is 1. The zero-order chi connectivity index (χ0) is 22.7. The van der Waals surface area contributed by atoms with Gasteiger partial charge in [-0.25, -0.2) is 8.42 Å². The molecule has 0 saturated carbocycles. The van der Waals surface area contributed by atoms with Crippen molar-refractivity contribution in [2.24, 2.45) is 0 Å². The van der Waals surface area contributed by atoms with E-state index in [0.717, 1.165) is 24.2 Å². The maximum absolute atomic E-state index is 13.2. The highest BCUT2D eigenvalue weighted by Gasteiger charge is 2.31. The molecular weight excluding hydrogens is 446 g/mol. The molecule has 1 N–H and O–H groups in total. The summed E-state index contributed by atoms with van der Waals surface area (Å²) in [4.78, 5) is 28.1. The summed E-state index contributed by atoms with van der Waals surface area (Å²) in [6, 6.07) is 14.0. The predicted molar refractivity (Wildman–Crippen MR) is 126 cm³/mol. The lowest BCUT2D eigenvalue weighted by Crippen LogP contribution is -2.39. The molecule has 7 nitrogen and oxygen atoms in total. The minimum absolute atomic E-state index is 0.0213. The first kappa shape index (κ1) is 22.8. The van der Waals surface area contributed by atoms with Crippen LogP contribution in [0, 0.1) is 0 Å². The first-order valence-electron chi connectivity index (χ1n) is 10.8. The molecule has 2 aliphatic rings. The summed E-state index contributed by atoms with van der Waals surface area (Å²) in [5.41, 5.74) is 1.12. The monoisotopic (exact) mass is 473 g/mol. The standard InChI is InChI=1S/C23H27N3O4S2/c1-17-14-23(28)26(16-22(27)24-18-8-4-2-5-9-18)20-15-19(10-11-21(20)31-17)32(29,30)25-12-6-3-7-13-25/h2,4-5,8-11,15,17H,3,6-7,12-14,16H2,1H3,(H,24,27)/t17-/m0/s1. The molecule has 0 aliphatic carbocycles. The zero-order valence-corrected chi connectivity index (χ0v) is 19.6. The van der Waals surface area contributed by atoms with E-state index in [0.29, 0.717) is 24.5 Å². The van der Waals surface area contributed by atoms with Gasteiger partial charge in [0.25, 0.3) is 0 Å². The van der Waals surface area contributed by atoms with Crippen LogP contribution < -0.4 is 10.2 Å². The van der Waals surface area contributed by atoms with Crippen LogP contribution in [-0.2, 0) is 19.6 Å². The summed E-state index contributed by atoms with van der Waals surface area (Å²) in [7, 11) is -3.65. The third kappa shape index (κ3) is 5.00. The molecule has 2 aromatic rings. The first-order valence-corrected chi connectivity index (χ1v) is 13.1. The second-order valence-corrected chi connectivity index (χ2v) is 11.5.